The van der Waals surface area contributed by atoms with Gasteiger partial charge >= 0.3 is 0 Å². The van der Waals surface area contributed by atoms with E-state index in [4.69, 9.17) is 0 Å². The number of Topliss-reactive ketones (excluding diaryl/α,β-unsaturated/α-hetero) is 1. The van der Waals surface area contributed by atoms with Gasteiger partial charge in [0.05, 0.1) is 0 Å². The van der Waals surface area contributed by atoms with Gasteiger partial charge in [-0.15, -0.1) is 11.8 Å². The molecule has 0 aromatic rings. The molecule has 0 spiro atoms. The molecule has 0 atom stereocenters. The molecule has 1 nitrogen and oxygen atoms in total. The number of carbonyl (C=O) groups is 1. The Bertz CT molecular complexity index is 357. The summed E-state index contributed by atoms with van der Waals surface area (Å²) in [6.07, 6.45) is 10.0. The van der Waals surface area contributed by atoms with Crippen LogP contribution in [0.4, 0.5) is 0 Å². The van der Waals surface area contributed by atoms with Gasteiger partial charge in [-0.25, -0.2) is 0 Å². The summed E-state index contributed by atoms with van der Waals surface area (Å²) in [6, 6.07) is 0. The number of carbonyl (C=O) groups excluding carboxylic acids is 1. The molecule has 100 valence electrons. The molecule has 1 heteroatoms. The monoisotopic (exact) mass is 246 g/mol. The van der Waals surface area contributed by atoms with Crippen molar-refractivity contribution in [3.63, 3.8) is 0 Å². The highest BCUT2D eigenvalue weighted by molar-refractivity contribution is 5.75. The summed E-state index contributed by atoms with van der Waals surface area (Å²) in [6.45, 7) is 8.06. The van der Waals surface area contributed by atoms with Crippen LogP contribution in [0.2, 0.25) is 0 Å². The molecule has 0 saturated heterocycles. The van der Waals surface area contributed by atoms with Crippen LogP contribution >= 0.6 is 0 Å². The highest BCUT2D eigenvalue weighted by Gasteiger charge is 1.89. The van der Waals surface area contributed by atoms with Gasteiger partial charge in [0.2, 0.25) is 0 Å². The summed E-state index contributed by atoms with van der Waals surface area (Å²) in [4.78, 5) is 10.7. The van der Waals surface area contributed by atoms with Crippen LogP contribution in [0.1, 0.15) is 66.2 Å². The Kier molecular flexibility index (Phi) is 10.1. The molecular weight excluding hydrogens is 220 g/mol. The highest BCUT2D eigenvalue weighted by Crippen LogP contribution is 2.08. The fourth-order valence-electron chi connectivity index (χ4n) is 1.50. The lowest BCUT2D eigenvalue weighted by molar-refractivity contribution is -0.116. The van der Waals surface area contributed by atoms with Crippen molar-refractivity contribution < 1.29 is 4.79 Å². The summed E-state index contributed by atoms with van der Waals surface area (Å²) in [5, 5.41) is 0. The van der Waals surface area contributed by atoms with E-state index in [2.05, 4.69) is 44.8 Å². The first-order chi connectivity index (χ1) is 8.52. The van der Waals surface area contributed by atoms with Crippen molar-refractivity contribution in [2.75, 3.05) is 0 Å². The lowest BCUT2D eigenvalue weighted by atomic mass is 10.1. The van der Waals surface area contributed by atoms with E-state index in [0.29, 0.717) is 12.8 Å². The van der Waals surface area contributed by atoms with Crippen LogP contribution in [0.25, 0.3) is 0 Å². The maximum absolute atomic E-state index is 10.7. The topological polar surface area (TPSA) is 17.1 Å². The minimum absolute atomic E-state index is 0.222. The predicted octanol–water partition coefficient (Wildman–Crippen LogP) is 4.83. The van der Waals surface area contributed by atoms with Crippen molar-refractivity contribution >= 4 is 5.78 Å². The van der Waals surface area contributed by atoms with Gasteiger partial charge in [0.15, 0.2) is 0 Å². The minimum Gasteiger partial charge on any atom is -0.300 e. The number of rotatable bonds is 7. The third kappa shape index (κ3) is 12.8. The average Bonchev–Trinajstić information content (AvgIpc) is 2.26. The van der Waals surface area contributed by atoms with Crippen LogP contribution in [-0.4, -0.2) is 5.78 Å². The largest absolute Gasteiger partial charge is 0.300 e. The second-order valence-electron chi connectivity index (χ2n) is 4.96. The fraction of sp³-hybridized carbons (Fsp3) is 0.588. The molecule has 0 saturated carbocycles. The van der Waals surface area contributed by atoms with Gasteiger partial charge in [0.25, 0.3) is 0 Å². The molecule has 0 amide bonds. The van der Waals surface area contributed by atoms with E-state index in [1.807, 2.05) is 0 Å². The van der Waals surface area contributed by atoms with Gasteiger partial charge in [-0.2, -0.15) is 0 Å². The van der Waals surface area contributed by atoms with Crippen LogP contribution in [0, 0.1) is 11.8 Å². The summed E-state index contributed by atoms with van der Waals surface area (Å²) < 4.78 is 0. The Morgan fingerprint density at radius 2 is 1.56 bits per heavy atom. The van der Waals surface area contributed by atoms with E-state index in [-0.39, 0.29) is 5.78 Å². The number of ketones is 1. The summed E-state index contributed by atoms with van der Waals surface area (Å²) in [5.41, 5.74) is 2.83. The van der Waals surface area contributed by atoms with Gasteiger partial charge in [-0.1, -0.05) is 23.3 Å². The molecule has 0 radical (unpaired) electrons. The molecule has 0 aromatic carbocycles. The average molecular weight is 246 g/mol. The standard InChI is InChI=1S/C17H26O/c1-15(2)11-10-13-16(3)12-8-6-5-7-9-14-17(4)18/h11-12H,6,8-10,13-14H2,1-4H3/b16-12+. The molecule has 0 aliphatic heterocycles. The molecule has 0 bridgehead atoms. The normalized spacial score (nSPS) is 10.6. The fourth-order valence-corrected chi connectivity index (χ4v) is 1.50. The molecule has 0 aliphatic carbocycles. The van der Waals surface area contributed by atoms with E-state index in [9.17, 15) is 4.79 Å². The van der Waals surface area contributed by atoms with Crippen molar-refractivity contribution in [2.24, 2.45) is 0 Å². The summed E-state index contributed by atoms with van der Waals surface area (Å²) in [7, 11) is 0. The van der Waals surface area contributed by atoms with Crippen molar-refractivity contribution in [1.82, 2.24) is 0 Å². The molecule has 0 rings (SSSR count). The van der Waals surface area contributed by atoms with Crippen LogP contribution in [0.3, 0.4) is 0 Å². The summed E-state index contributed by atoms with van der Waals surface area (Å²) in [5.74, 6) is 6.37. The maximum Gasteiger partial charge on any atom is 0.130 e. The number of allylic oxidation sites excluding steroid dienone is 4. The number of unbranched alkanes of at least 4 members (excludes halogenated alkanes) is 1. The third-order valence-corrected chi connectivity index (χ3v) is 2.58. The SMILES string of the molecule is CC(=O)CCC#CCC/C=C(\C)CCC=C(C)C. The number of hydrogen-bond acceptors (Lipinski definition) is 1. The Morgan fingerprint density at radius 1 is 0.889 bits per heavy atom. The molecule has 0 heterocycles. The Balaban J connectivity index is 3.68. The molecule has 18 heavy (non-hydrogen) atoms. The van der Waals surface area contributed by atoms with Gasteiger partial charge in [0, 0.05) is 19.3 Å². The zero-order chi connectivity index (χ0) is 13.8. The van der Waals surface area contributed by atoms with E-state index >= 15 is 0 Å². The smallest absolute Gasteiger partial charge is 0.130 e. The Labute approximate surface area is 112 Å². The van der Waals surface area contributed by atoms with Crippen LogP contribution in [0.15, 0.2) is 23.3 Å². The molecule has 0 aromatic heterocycles. The second-order valence-corrected chi connectivity index (χ2v) is 4.96. The van der Waals surface area contributed by atoms with E-state index in [1.165, 1.54) is 11.1 Å². The van der Waals surface area contributed by atoms with Crippen molar-refractivity contribution in [3.8, 4) is 11.8 Å². The van der Waals surface area contributed by atoms with Crippen LogP contribution in [-0.2, 0) is 4.79 Å². The third-order valence-electron chi connectivity index (χ3n) is 2.58. The first kappa shape index (κ1) is 16.7. The van der Waals surface area contributed by atoms with Crippen LogP contribution < -0.4 is 0 Å². The molecule has 0 aliphatic rings. The zero-order valence-corrected chi connectivity index (χ0v) is 12.3. The van der Waals surface area contributed by atoms with Gasteiger partial charge in [-0.05, 0) is 47.0 Å². The molecule has 0 unspecified atom stereocenters. The maximum atomic E-state index is 10.7. The molecular formula is C17H26O. The second kappa shape index (κ2) is 10.8. The van der Waals surface area contributed by atoms with Gasteiger partial charge in [0.1, 0.15) is 5.78 Å². The Morgan fingerprint density at radius 3 is 2.17 bits per heavy atom. The quantitative estimate of drug-likeness (QED) is 0.357. The minimum atomic E-state index is 0.222. The van der Waals surface area contributed by atoms with Crippen molar-refractivity contribution in [1.29, 1.82) is 0 Å². The highest BCUT2D eigenvalue weighted by atomic mass is 16.1. The first-order valence-electron chi connectivity index (χ1n) is 6.76. The zero-order valence-electron chi connectivity index (χ0n) is 12.3. The lowest BCUT2D eigenvalue weighted by Gasteiger charge is -1.97. The van der Waals surface area contributed by atoms with E-state index in [1.54, 1.807) is 6.92 Å². The lowest BCUT2D eigenvalue weighted by Crippen LogP contribution is -1.86. The summed E-state index contributed by atoms with van der Waals surface area (Å²) >= 11 is 0. The van der Waals surface area contributed by atoms with Crippen molar-refractivity contribution in [2.45, 2.75) is 66.2 Å². The van der Waals surface area contributed by atoms with Gasteiger partial charge in [-0.3, -0.25) is 4.79 Å². The van der Waals surface area contributed by atoms with E-state index < -0.39 is 0 Å². The number of hydrogen-bond donors (Lipinski definition) is 0. The van der Waals surface area contributed by atoms with E-state index in [0.717, 1.165) is 25.7 Å². The van der Waals surface area contributed by atoms with Gasteiger partial charge < -0.3 is 0 Å². The first-order valence-corrected chi connectivity index (χ1v) is 6.76. The molecule has 0 fully saturated rings. The van der Waals surface area contributed by atoms with Crippen molar-refractivity contribution in [3.05, 3.63) is 23.3 Å². The Hall–Kier alpha value is -1.29. The van der Waals surface area contributed by atoms with Crippen LogP contribution in [0.5, 0.6) is 0 Å². The predicted molar refractivity (Wildman–Crippen MR) is 79.3 cm³/mol. The molecule has 0 N–H and O–H groups in total.